The number of benzene rings is 1. The van der Waals surface area contributed by atoms with E-state index in [0.29, 0.717) is 15.7 Å². The van der Waals surface area contributed by atoms with E-state index < -0.39 is 0 Å². The lowest BCUT2D eigenvalue weighted by atomic mass is 9.93. The Morgan fingerprint density at radius 2 is 1.95 bits per heavy atom. The summed E-state index contributed by atoms with van der Waals surface area (Å²) < 4.78 is 0. The lowest BCUT2D eigenvalue weighted by Gasteiger charge is -2.24. The van der Waals surface area contributed by atoms with Crippen LogP contribution in [0, 0.1) is 5.92 Å². The third-order valence-electron chi connectivity index (χ3n) is 3.60. The first-order chi connectivity index (χ1) is 10.5. The highest BCUT2D eigenvalue weighted by atomic mass is 35.5. The molecule has 0 heterocycles. The van der Waals surface area contributed by atoms with Gasteiger partial charge in [0.2, 0.25) is 11.8 Å². The Bertz CT molecular complexity index is 582. The minimum absolute atomic E-state index is 0.00949. The summed E-state index contributed by atoms with van der Waals surface area (Å²) in [6.07, 6.45) is 6.57. The zero-order valence-electron chi connectivity index (χ0n) is 12.3. The smallest absolute Gasteiger partial charge is 0.244 e. The van der Waals surface area contributed by atoms with Gasteiger partial charge in [-0.25, -0.2) is 0 Å². The number of likely N-dealkylation sites (N-methyl/N-ethyl adjacent to an activating group) is 1. The minimum Gasteiger partial charge on any atom is -0.336 e. The number of halogens is 2. The van der Waals surface area contributed by atoms with Crippen LogP contribution in [-0.4, -0.2) is 30.3 Å². The van der Waals surface area contributed by atoms with E-state index in [0.717, 1.165) is 19.3 Å². The van der Waals surface area contributed by atoms with Crippen LogP contribution < -0.4 is 5.32 Å². The molecule has 0 bridgehead atoms. The summed E-state index contributed by atoms with van der Waals surface area (Å²) >= 11 is 12.0. The monoisotopic (exact) mass is 340 g/mol. The SMILES string of the molecule is CN(CC(=O)Nc1c(Cl)cccc1Cl)C(=O)[C@@H]1CC=CCC1. The number of hydrogen-bond acceptors (Lipinski definition) is 2. The molecule has 6 heteroatoms. The van der Waals surface area contributed by atoms with Crippen molar-refractivity contribution < 1.29 is 9.59 Å². The Kier molecular flexibility index (Phi) is 5.86. The van der Waals surface area contributed by atoms with Crippen LogP contribution in [0.3, 0.4) is 0 Å². The number of carbonyl (C=O) groups excluding carboxylic acids is 2. The van der Waals surface area contributed by atoms with Crippen LogP contribution in [0.4, 0.5) is 5.69 Å². The summed E-state index contributed by atoms with van der Waals surface area (Å²) in [5, 5.41) is 3.39. The summed E-state index contributed by atoms with van der Waals surface area (Å²) in [7, 11) is 1.63. The number of anilines is 1. The molecule has 22 heavy (non-hydrogen) atoms. The molecule has 0 saturated heterocycles. The van der Waals surface area contributed by atoms with E-state index in [2.05, 4.69) is 11.4 Å². The lowest BCUT2D eigenvalue weighted by molar-refractivity contribution is -0.137. The van der Waals surface area contributed by atoms with E-state index >= 15 is 0 Å². The maximum absolute atomic E-state index is 12.3. The number of para-hydroxylation sites is 1. The highest BCUT2D eigenvalue weighted by Gasteiger charge is 2.23. The maximum Gasteiger partial charge on any atom is 0.244 e. The highest BCUT2D eigenvalue weighted by molar-refractivity contribution is 6.39. The summed E-state index contributed by atoms with van der Waals surface area (Å²) in [4.78, 5) is 25.8. The zero-order valence-corrected chi connectivity index (χ0v) is 13.8. The fourth-order valence-electron chi connectivity index (χ4n) is 2.42. The van der Waals surface area contributed by atoms with E-state index in [4.69, 9.17) is 23.2 Å². The van der Waals surface area contributed by atoms with Gasteiger partial charge < -0.3 is 10.2 Å². The molecule has 0 spiro atoms. The highest BCUT2D eigenvalue weighted by Crippen LogP contribution is 2.29. The number of rotatable bonds is 4. The maximum atomic E-state index is 12.3. The van der Waals surface area contributed by atoms with Gasteiger partial charge in [-0.15, -0.1) is 0 Å². The normalized spacial score (nSPS) is 17.1. The Morgan fingerprint density at radius 3 is 2.55 bits per heavy atom. The van der Waals surface area contributed by atoms with E-state index in [9.17, 15) is 9.59 Å². The van der Waals surface area contributed by atoms with Crippen molar-refractivity contribution in [2.24, 2.45) is 5.92 Å². The molecule has 1 aromatic carbocycles. The first kappa shape index (κ1) is 16.8. The van der Waals surface area contributed by atoms with Gasteiger partial charge in [-0.05, 0) is 31.4 Å². The number of nitrogens with one attached hydrogen (secondary N) is 1. The zero-order chi connectivity index (χ0) is 16.1. The second-order valence-corrected chi connectivity index (χ2v) is 6.13. The fraction of sp³-hybridized carbons (Fsp3) is 0.375. The van der Waals surface area contributed by atoms with Crippen molar-refractivity contribution in [1.29, 1.82) is 0 Å². The fourth-order valence-corrected chi connectivity index (χ4v) is 2.91. The van der Waals surface area contributed by atoms with Crippen molar-refractivity contribution >= 4 is 40.7 Å². The van der Waals surface area contributed by atoms with Crippen molar-refractivity contribution in [2.45, 2.75) is 19.3 Å². The minimum atomic E-state index is -0.322. The molecule has 1 N–H and O–H groups in total. The van der Waals surface area contributed by atoms with Gasteiger partial charge >= 0.3 is 0 Å². The van der Waals surface area contributed by atoms with Crippen molar-refractivity contribution in [3.05, 3.63) is 40.4 Å². The number of carbonyl (C=O) groups is 2. The predicted molar refractivity (Wildman–Crippen MR) is 89.2 cm³/mol. The largest absolute Gasteiger partial charge is 0.336 e. The van der Waals surface area contributed by atoms with Gasteiger partial charge in [0.25, 0.3) is 0 Å². The Balaban J connectivity index is 1.94. The van der Waals surface area contributed by atoms with Crippen LogP contribution in [0.25, 0.3) is 0 Å². The van der Waals surface area contributed by atoms with Crippen LogP contribution in [-0.2, 0) is 9.59 Å². The first-order valence-electron chi connectivity index (χ1n) is 7.13. The third-order valence-corrected chi connectivity index (χ3v) is 4.23. The lowest BCUT2D eigenvalue weighted by Crippen LogP contribution is -2.38. The number of amides is 2. The van der Waals surface area contributed by atoms with Gasteiger partial charge in [0, 0.05) is 13.0 Å². The molecule has 1 aromatic rings. The standard InChI is InChI=1S/C16H18Cl2N2O2/c1-20(16(22)11-6-3-2-4-7-11)10-14(21)19-15-12(17)8-5-9-13(15)18/h2-3,5,8-9,11H,4,6-7,10H2,1H3,(H,19,21)/t11-/m1/s1. The summed E-state index contributed by atoms with van der Waals surface area (Å²) in [6, 6.07) is 4.99. The average Bonchev–Trinajstić information content (AvgIpc) is 2.51. The van der Waals surface area contributed by atoms with Crippen LogP contribution in [0.2, 0.25) is 10.0 Å². The summed E-state index contributed by atoms with van der Waals surface area (Å²) in [6.45, 7) is -0.0272. The van der Waals surface area contributed by atoms with Crippen molar-refractivity contribution in [3.8, 4) is 0 Å². The van der Waals surface area contributed by atoms with Crippen LogP contribution in [0.15, 0.2) is 30.4 Å². The van der Waals surface area contributed by atoms with Crippen LogP contribution >= 0.6 is 23.2 Å². The molecule has 2 amide bonds. The summed E-state index contributed by atoms with van der Waals surface area (Å²) in [5.74, 6) is -0.367. The molecule has 0 unspecified atom stereocenters. The van der Waals surface area contributed by atoms with Crippen molar-refractivity contribution in [3.63, 3.8) is 0 Å². The van der Waals surface area contributed by atoms with Gasteiger partial charge in [-0.2, -0.15) is 0 Å². The van der Waals surface area contributed by atoms with Gasteiger partial charge in [0.1, 0.15) is 0 Å². The quantitative estimate of drug-likeness (QED) is 0.848. The molecule has 0 fully saturated rings. The second kappa shape index (κ2) is 7.65. The molecule has 0 aliphatic heterocycles. The molecule has 1 aliphatic carbocycles. The van der Waals surface area contributed by atoms with Crippen LogP contribution in [0.5, 0.6) is 0 Å². The van der Waals surface area contributed by atoms with E-state index in [1.54, 1.807) is 25.2 Å². The molecule has 118 valence electrons. The Morgan fingerprint density at radius 1 is 1.27 bits per heavy atom. The summed E-state index contributed by atoms with van der Waals surface area (Å²) in [5.41, 5.74) is 0.372. The Hall–Kier alpha value is -1.52. The van der Waals surface area contributed by atoms with E-state index in [1.807, 2.05) is 6.08 Å². The molecule has 2 rings (SSSR count). The molecule has 1 aliphatic rings. The molecule has 4 nitrogen and oxygen atoms in total. The van der Waals surface area contributed by atoms with Gasteiger partial charge in [-0.1, -0.05) is 41.4 Å². The van der Waals surface area contributed by atoms with Crippen LogP contribution in [0.1, 0.15) is 19.3 Å². The van der Waals surface area contributed by atoms with Crippen molar-refractivity contribution in [1.82, 2.24) is 4.90 Å². The van der Waals surface area contributed by atoms with E-state index in [1.165, 1.54) is 4.90 Å². The molecule has 0 radical (unpaired) electrons. The molecule has 1 atom stereocenters. The topological polar surface area (TPSA) is 49.4 Å². The second-order valence-electron chi connectivity index (χ2n) is 5.32. The number of allylic oxidation sites excluding steroid dienone is 2. The van der Waals surface area contributed by atoms with Gasteiger partial charge in [0.15, 0.2) is 0 Å². The molecule has 0 aromatic heterocycles. The predicted octanol–water partition coefficient (Wildman–Crippen LogP) is 3.75. The Labute approximate surface area is 140 Å². The molecular formula is C16H18Cl2N2O2. The first-order valence-corrected chi connectivity index (χ1v) is 7.88. The number of nitrogens with zero attached hydrogens (tertiary/aromatic N) is 1. The van der Waals surface area contributed by atoms with Gasteiger partial charge in [0.05, 0.1) is 22.3 Å². The van der Waals surface area contributed by atoms with Crippen molar-refractivity contribution in [2.75, 3.05) is 18.9 Å². The number of hydrogen-bond donors (Lipinski definition) is 1. The molecule has 0 saturated carbocycles. The molecular weight excluding hydrogens is 323 g/mol. The van der Waals surface area contributed by atoms with E-state index in [-0.39, 0.29) is 24.3 Å². The van der Waals surface area contributed by atoms with Gasteiger partial charge in [-0.3, -0.25) is 9.59 Å². The average molecular weight is 341 g/mol. The third kappa shape index (κ3) is 4.24.